The molecule has 1 aromatic heterocycles. The summed E-state index contributed by atoms with van der Waals surface area (Å²) < 4.78 is 7.25. The molecular weight excluding hydrogens is 218 g/mol. The van der Waals surface area contributed by atoms with Gasteiger partial charge < -0.3 is 10.1 Å². The van der Waals surface area contributed by atoms with Gasteiger partial charge in [0.2, 0.25) is 5.91 Å². The zero-order valence-electron chi connectivity index (χ0n) is 9.98. The normalized spacial score (nSPS) is 26.6. The topological polar surface area (TPSA) is 56.2 Å². The molecule has 1 atom stereocenters. The highest BCUT2D eigenvalue weighted by Gasteiger charge is 2.56. The van der Waals surface area contributed by atoms with Crippen LogP contribution < -0.4 is 5.32 Å². The number of nitrogens with one attached hydrogen (secondary N) is 1. The summed E-state index contributed by atoms with van der Waals surface area (Å²) in [5, 5.41) is 7.28. The van der Waals surface area contributed by atoms with Gasteiger partial charge in [0, 0.05) is 31.5 Å². The number of aromatic nitrogens is 2. The Morgan fingerprint density at radius 2 is 2.35 bits per heavy atom. The predicted octanol–water partition coefficient (Wildman–Crippen LogP) is 0.871. The Morgan fingerprint density at radius 3 is 2.94 bits per heavy atom. The molecule has 0 bridgehead atoms. The van der Waals surface area contributed by atoms with Crippen molar-refractivity contribution in [2.45, 2.75) is 32.4 Å². The van der Waals surface area contributed by atoms with Crippen molar-refractivity contribution in [1.82, 2.24) is 15.1 Å². The molecule has 0 radical (unpaired) electrons. The van der Waals surface area contributed by atoms with Crippen LogP contribution in [0.2, 0.25) is 0 Å². The minimum atomic E-state index is -0.236. The second kappa shape index (κ2) is 3.84. The molecule has 0 aliphatic carbocycles. The Hall–Kier alpha value is -1.36. The Bertz CT molecular complexity index is 435. The number of aryl methyl sites for hydroxylation is 1. The van der Waals surface area contributed by atoms with Crippen molar-refractivity contribution in [3.63, 3.8) is 0 Å². The summed E-state index contributed by atoms with van der Waals surface area (Å²) >= 11 is 0. The quantitative estimate of drug-likeness (QED) is 0.774. The molecule has 2 aliphatic heterocycles. The lowest BCUT2D eigenvalue weighted by Crippen LogP contribution is -2.62. The molecule has 0 aromatic carbocycles. The van der Waals surface area contributed by atoms with E-state index in [9.17, 15) is 4.79 Å². The van der Waals surface area contributed by atoms with E-state index in [1.165, 1.54) is 0 Å². The van der Waals surface area contributed by atoms with Gasteiger partial charge in [-0.15, -0.1) is 0 Å². The highest BCUT2D eigenvalue weighted by atomic mass is 16.5. The second-order valence-electron chi connectivity index (χ2n) is 4.80. The van der Waals surface area contributed by atoms with Gasteiger partial charge in [0.15, 0.2) is 0 Å². The summed E-state index contributed by atoms with van der Waals surface area (Å²) in [4.78, 5) is 11.9. The first-order valence-corrected chi connectivity index (χ1v) is 6.17. The second-order valence-corrected chi connectivity index (χ2v) is 4.80. The Labute approximate surface area is 100 Å². The average Bonchev–Trinajstić information content (AvgIpc) is 2.85. The summed E-state index contributed by atoms with van der Waals surface area (Å²) in [7, 11) is 0. The molecule has 2 aliphatic rings. The molecule has 3 heterocycles. The molecule has 17 heavy (non-hydrogen) atoms. The maximum Gasteiger partial charge on any atom is 0.229 e. The largest absolute Gasteiger partial charge is 0.381 e. The van der Waals surface area contributed by atoms with Crippen LogP contribution in [0.5, 0.6) is 0 Å². The molecule has 5 heteroatoms. The van der Waals surface area contributed by atoms with Gasteiger partial charge in [-0.05, 0) is 19.8 Å². The summed E-state index contributed by atoms with van der Waals surface area (Å²) in [6.45, 7) is 4.29. The fraction of sp³-hybridized carbons (Fsp3) is 0.667. The standard InChI is InChI=1S/C12H17N3O2/c1-2-15-8-9(7-13-15)10-12(11(16)14-10)3-5-17-6-4-12/h7-8,10H,2-6H2,1H3,(H,14,16)/t10-/m1/s1. The first-order chi connectivity index (χ1) is 8.26. The van der Waals surface area contributed by atoms with E-state index >= 15 is 0 Å². The van der Waals surface area contributed by atoms with Crippen molar-refractivity contribution >= 4 is 5.91 Å². The first-order valence-electron chi connectivity index (χ1n) is 6.17. The molecule has 0 saturated carbocycles. The summed E-state index contributed by atoms with van der Waals surface area (Å²) in [6, 6.07) is 0.124. The van der Waals surface area contributed by atoms with E-state index < -0.39 is 0 Å². The van der Waals surface area contributed by atoms with Crippen LogP contribution in [0, 0.1) is 5.41 Å². The van der Waals surface area contributed by atoms with Gasteiger partial charge in [0.05, 0.1) is 17.7 Å². The third-order valence-corrected chi connectivity index (χ3v) is 3.98. The van der Waals surface area contributed by atoms with E-state index in [1.54, 1.807) is 0 Å². The zero-order valence-corrected chi connectivity index (χ0v) is 9.98. The molecule has 2 saturated heterocycles. The lowest BCUT2D eigenvalue weighted by Gasteiger charge is -2.50. The van der Waals surface area contributed by atoms with Crippen molar-refractivity contribution in [2.75, 3.05) is 13.2 Å². The van der Waals surface area contributed by atoms with Gasteiger partial charge in [0.25, 0.3) is 0 Å². The molecular formula is C12H17N3O2. The van der Waals surface area contributed by atoms with E-state index in [0.29, 0.717) is 13.2 Å². The van der Waals surface area contributed by atoms with Crippen molar-refractivity contribution in [3.05, 3.63) is 18.0 Å². The third-order valence-electron chi connectivity index (χ3n) is 3.98. The predicted molar refractivity (Wildman–Crippen MR) is 61.3 cm³/mol. The number of carbonyl (C=O) groups is 1. The van der Waals surface area contributed by atoms with E-state index in [-0.39, 0.29) is 17.4 Å². The van der Waals surface area contributed by atoms with E-state index in [0.717, 1.165) is 24.9 Å². The SMILES string of the molecule is CCn1cc([C@H]2NC(=O)C23CCOCC3)cn1. The van der Waals surface area contributed by atoms with Gasteiger partial charge in [-0.1, -0.05) is 0 Å². The van der Waals surface area contributed by atoms with Gasteiger partial charge in [0.1, 0.15) is 0 Å². The zero-order chi connectivity index (χ0) is 11.9. The van der Waals surface area contributed by atoms with Crippen LogP contribution in [0.1, 0.15) is 31.4 Å². The average molecular weight is 235 g/mol. The number of amides is 1. The van der Waals surface area contributed by atoms with Crippen LogP contribution in [-0.4, -0.2) is 28.9 Å². The van der Waals surface area contributed by atoms with Gasteiger partial charge >= 0.3 is 0 Å². The molecule has 1 aromatic rings. The highest BCUT2D eigenvalue weighted by Crippen LogP contribution is 2.49. The molecule has 1 spiro atoms. The minimum absolute atomic E-state index is 0.124. The van der Waals surface area contributed by atoms with Crippen LogP contribution in [0.3, 0.4) is 0 Å². The van der Waals surface area contributed by atoms with E-state index in [2.05, 4.69) is 17.3 Å². The molecule has 92 valence electrons. The Kier molecular flexibility index (Phi) is 2.43. The third kappa shape index (κ3) is 1.49. The van der Waals surface area contributed by atoms with Gasteiger partial charge in [-0.2, -0.15) is 5.10 Å². The van der Waals surface area contributed by atoms with Crippen LogP contribution in [0.25, 0.3) is 0 Å². The van der Waals surface area contributed by atoms with Crippen LogP contribution >= 0.6 is 0 Å². The molecule has 2 fully saturated rings. The highest BCUT2D eigenvalue weighted by molar-refractivity contribution is 5.90. The number of hydrogen-bond donors (Lipinski definition) is 1. The van der Waals surface area contributed by atoms with Crippen LogP contribution in [-0.2, 0) is 16.1 Å². The van der Waals surface area contributed by atoms with Crippen molar-refractivity contribution in [3.8, 4) is 0 Å². The fourth-order valence-corrected chi connectivity index (χ4v) is 2.82. The Morgan fingerprint density at radius 1 is 1.59 bits per heavy atom. The van der Waals surface area contributed by atoms with Crippen molar-refractivity contribution in [2.24, 2.45) is 5.41 Å². The minimum Gasteiger partial charge on any atom is -0.381 e. The Balaban J connectivity index is 1.86. The molecule has 5 nitrogen and oxygen atoms in total. The molecule has 1 N–H and O–H groups in total. The van der Waals surface area contributed by atoms with Gasteiger partial charge in [-0.3, -0.25) is 9.48 Å². The smallest absolute Gasteiger partial charge is 0.229 e. The van der Waals surface area contributed by atoms with Crippen LogP contribution in [0.15, 0.2) is 12.4 Å². The maximum atomic E-state index is 11.9. The lowest BCUT2D eigenvalue weighted by atomic mass is 9.65. The molecule has 3 rings (SSSR count). The molecule has 0 unspecified atom stereocenters. The number of nitrogens with zero attached hydrogens (tertiary/aromatic N) is 2. The summed E-state index contributed by atoms with van der Waals surface area (Å²) in [5.41, 5.74) is 0.883. The maximum absolute atomic E-state index is 11.9. The fourth-order valence-electron chi connectivity index (χ4n) is 2.82. The van der Waals surface area contributed by atoms with E-state index in [4.69, 9.17) is 4.74 Å². The number of β-lactam (4-membered cyclic amide) rings is 1. The molecule has 1 amide bonds. The monoisotopic (exact) mass is 235 g/mol. The van der Waals surface area contributed by atoms with Gasteiger partial charge in [-0.25, -0.2) is 0 Å². The number of rotatable bonds is 2. The van der Waals surface area contributed by atoms with Crippen LogP contribution in [0.4, 0.5) is 0 Å². The van der Waals surface area contributed by atoms with Crippen molar-refractivity contribution in [1.29, 1.82) is 0 Å². The number of ether oxygens (including phenoxy) is 1. The number of hydrogen-bond acceptors (Lipinski definition) is 3. The summed E-state index contributed by atoms with van der Waals surface area (Å²) in [5.74, 6) is 0.176. The van der Waals surface area contributed by atoms with E-state index in [1.807, 2.05) is 17.1 Å². The first kappa shape index (κ1) is 10.8. The van der Waals surface area contributed by atoms with Crippen molar-refractivity contribution < 1.29 is 9.53 Å². The lowest BCUT2D eigenvalue weighted by molar-refractivity contribution is -0.155. The number of carbonyl (C=O) groups excluding carboxylic acids is 1. The summed E-state index contributed by atoms with van der Waals surface area (Å²) in [6.07, 6.45) is 5.54.